The molecule has 1 aromatic heterocycles. The summed E-state index contributed by atoms with van der Waals surface area (Å²) in [7, 11) is 0. The summed E-state index contributed by atoms with van der Waals surface area (Å²) in [4.78, 5) is 2.36. The number of benzene rings is 1. The summed E-state index contributed by atoms with van der Waals surface area (Å²) >= 11 is 0. The van der Waals surface area contributed by atoms with Crippen LogP contribution in [-0.2, 0) is 6.54 Å². The fraction of sp³-hybridized carbons (Fsp3) is 0.526. The zero-order valence-electron chi connectivity index (χ0n) is 14.6. The molecule has 1 aromatic carbocycles. The van der Waals surface area contributed by atoms with E-state index in [1.807, 2.05) is 22.9 Å². The highest BCUT2D eigenvalue weighted by Crippen LogP contribution is 2.25. The maximum Gasteiger partial charge on any atom is 0.0890 e. The minimum atomic E-state index is -0.910. The minimum absolute atomic E-state index is 0.148. The van der Waals surface area contributed by atoms with Gasteiger partial charge >= 0.3 is 0 Å². The second-order valence-electron chi connectivity index (χ2n) is 6.91. The second-order valence-corrected chi connectivity index (χ2v) is 6.91. The quantitative estimate of drug-likeness (QED) is 0.903. The van der Waals surface area contributed by atoms with Crippen LogP contribution in [0.25, 0.3) is 5.69 Å². The molecule has 1 aliphatic rings. The lowest BCUT2D eigenvalue weighted by Gasteiger charge is -2.24. The van der Waals surface area contributed by atoms with Gasteiger partial charge in [0.05, 0.1) is 23.6 Å². The Morgan fingerprint density at radius 1 is 1.12 bits per heavy atom. The third kappa shape index (κ3) is 3.53. The number of nitrogens with zero attached hydrogens (tertiary/aromatic N) is 3. The molecule has 3 rings (SSSR count). The van der Waals surface area contributed by atoms with Crippen molar-refractivity contribution in [1.82, 2.24) is 14.7 Å². The van der Waals surface area contributed by atoms with Gasteiger partial charge in [-0.15, -0.1) is 0 Å². The van der Waals surface area contributed by atoms with E-state index in [1.165, 1.54) is 11.3 Å². The summed E-state index contributed by atoms with van der Waals surface area (Å²) in [6, 6.07) is 10.2. The van der Waals surface area contributed by atoms with Gasteiger partial charge in [0.15, 0.2) is 0 Å². The van der Waals surface area contributed by atoms with Crippen LogP contribution < -0.4 is 0 Å². The van der Waals surface area contributed by atoms with E-state index in [0.717, 1.165) is 37.4 Å². The molecule has 0 unspecified atom stereocenters. The molecule has 1 saturated heterocycles. The van der Waals surface area contributed by atoms with Gasteiger partial charge in [-0.1, -0.05) is 18.2 Å². The lowest BCUT2D eigenvalue weighted by Crippen LogP contribution is -2.34. The van der Waals surface area contributed by atoms with Crippen molar-refractivity contribution in [2.45, 2.75) is 45.3 Å². The first-order valence-electron chi connectivity index (χ1n) is 8.68. The molecular weight excluding hydrogens is 302 g/mol. The van der Waals surface area contributed by atoms with Gasteiger partial charge in [-0.2, -0.15) is 5.10 Å². The highest BCUT2D eigenvalue weighted by Gasteiger charge is 2.29. The zero-order chi connectivity index (χ0) is 17.2. The van der Waals surface area contributed by atoms with Gasteiger partial charge in [-0.05, 0) is 51.8 Å². The van der Waals surface area contributed by atoms with E-state index in [2.05, 4.69) is 30.9 Å². The number of aliphatic hydroxyl groups is 2. The van der Waals surface area contributed by atoms with Crippen molar-refractivity contribution >= 4 is 0 Å². The molecule has 5 nitrogen and oxygen atoms in total. The minimum Gasteiger partial charge on any atom is -0.393 e. The van der Waals surface area contributed by atoms with E-state index < -0.39 is 5.60 Å². The summed E-state index contributed by atoms with van der Waals surface area (Å²) < 4.78 is 2.01. The molecular formula is C19H27N3O2. The smallest absolute Gasteiger partial charge is 0.0890 e. The van der Waals surface area contributed by atoms with Crippen molar-refractivity contribution < 1.29 is 10.2 Å². The number of para-hydroxylation sites is 1. The van der Waals surface area contributed by atoms with Gasteiger partial charge < -0.3 is 10.2 Å². The van der Waals surface area contributed by atoms with Gasteiger partial charge in [0.25, 0.3) is 0 Å². The molecule has 5 heteroatoms. The molecule has 2 heterocycles. The Morgan fingerprint density at radius 2 is 1.88 bits per heavy atom. The molecule has 0 spiro atoms. The van der Waals surface area contributed by atoms with Gasteiger partial charge in [0.2, 0.25) is 0 Å². The Bertz CT molecular complexity index is 683. The van der Waals surface area contributed by atoms with Gasteiger partial charge in [-0.3, -0.25) is 4.90 Å². The molecule has 0 bridgehead atoms. The van der Waals surface area contributed by atoms with Crippen molar-refractivity contribution in [2.75, 3.05) is 19.7 Å². The summed E-state index contributed by atoms with van der Waals surface area (Å²) in [6.07, 6.45) is 2.19. The van der Waals surface area contributed by atoms with Gasteiger partial charge in [-0.25, -0.2) is 4.68 Å². The summed E-state index contributed by atoms with van der Waals surface area (Å²) in [6.45, 7) is 6.61. The highest BCUT2D eigenvalue weighted by molar-refractivity contribution is 5.36. The van der Waals surface area contributed by atoms with Crippen molar-refractivity contribution in [1.29, 1.82) is 0 Å². The predicted octanol–water partition coefficient (Wildman–Crippen LogP) is 2.20. The van der Waals surface area contributed by atoms with E-state index in [9.17, 15) is 10.2 Å². The third-order valence-corrected chi connectivity index (χ3v) is 5.13. The number of hydrogen-bond donors (Lipinski definition) is 2. The van der Waals surface area contributed by atoms with E-state index in [4.69, 9.17) is 5.10 Å². The first-order chi connectivity index (χ1) is 11.5. The highest BCUT2D eigenvalue weighted by atomic mass is 16.3. The van der Waals surface area contributed by atoms with Crippen LogP contribution in [0, 0.1) is 13.8 Å². The van der Waals surface area contributed by atoms with Crippen LogP contribution in [0.1, 0.15) is 36.2 Å². The standard InChI is InChI=1S/C19H27N3O2/c1-15-18(13-21-11-6-9-19(24,14-23)10-12-21)16(2)22(20-15)17-7-4-3-5-8-17/h3-5,7-8,23-24H,6,9-14H2,1-2H3/t19-/m1/s1. The fourth-order valence-electron chi connectivity index (χ4n) is 3.50. The predicted molar refractivity (Wildman–Crippen MR) is 94.2 cm³/mol. The summed E-state index contributed by atoms with van der Waals surface area (Å²) in [5.41, 5.74) is 3.65. The van der Waals surface area contributed by atoms with Crippen molar-refractivity contribution in [3.63, 3.8) is 0 Å². The van der Waals surface area contributed by atoms with Crippen molar-refractivity contribution in [2.24, 2.45) is 0 Å². The van der Waals surface area contributed by atoms with Crippen molar-refractivity contribution in [3.05, 3.63) is 47.3 Å². The molecule has 0 radical (unpaired) electrons. The second kappa shape index (κ2) is 7.05. The Balaban J connectivity index is 1.77. The fourth-order valence-corrected chi connectivity index (χ4v) is 3.50. The normalized spacial score (nSPS) is 22.5. The molecule has 0 saturated carbocycles. The summed E-state index contributed by atoms with van der Waals surface area (Å²) in [5.74, 6) is 0. The lowest BCUT2D eigenvalue weighted by molar-refractivity contribution is -0.0255. The molecule has 1 aliphatic heterocycles. The van der Waals surface area contributed by atoms with Crippen LogP contribution >= 0.6 is 0 Å². The van der Waals surface area contributed by atoms with Crippen LogP contribution in [0.2, 0.25) is 0 Å². The number of aryl methyl sites for hydroxylation is 1. The maximum atomic E-state index is 10.3. The molecule has 0 amide bonds. The average Bonchev–Trinajstić information content (AvgIpc) is 2.76. The van der Waals surface area contributed by atoms with E-state index in [-0.39, 0.29) is 6.61 Å². The molecule has 130 valence electrons. The van der Waals surface area contributed by atoms with Gasteiger partial charge in [0.1, 0.15) is 0 Å². The van der Waals surface area contributed by atoms with E-state index in [0.29, 0.717) is 12.8 Å². The number of aromatic nitrogens is 2. The third-order valence-electron chi connectivity index (χ3n) is 5.13. The van der Waals surface area contributed by atoms with Crippen LogP contribution in [0.15, 0.2) is 30.3 Å². The molecule has 1 fully saturated rings. The van der Waals surface area contributed by atoms with Crippen LogP contribution in [0.3, 0.4) is 0 Å². The maximum absolute atomic E-state index is 10.3. The van der Waals surface area contributed by atoms with Crippen LogP contribution in [0.4, 0.5) is 0 Å². The zero-order valence-corrected chi connectivity index (χ0v) is 14.6. The Hall–Kier alpha value is -1.69. The Kier molecular flexibility index (Phi) is 5.04. The number of likely N-dealkylation sites (tertiary alicyclic amines) is 1. The SMILES string of the molecule is Cc1nn(-c2ccccc2)c(C)c1CN1CCC[C@](O)(CO)CC1. The number of hydrogen-bond acceptors (Lipinski definition) is 4. The van der Waals surface area contributed by atoms with Gasteiger partial charge in [0, 0.05) is 24.3 Å². The first-order valence-corrected chi connectivity index (χ1v) is 8.68. The molecule has 1 atom stereocenters. The topological polar surface area (TPSA) is 61.5 Å². The number of aliphatic hydroxyl groups excluding tert-OH is 1. The van der Waals surface area contributed by atoms with Crippen LogP contribution in [0.5, 0.6) is 0 Å². The van der Waals surface area contributed by atoms with E-state index in [1.54, 1.807) is 0 Å². The molecule has 0 aliphatic carbocycles. The molecule has 2 aromatic rings. The Morgan fingerprint density at radius 3 is 2.58 bits per heavy atom. The van der Waals surface area contributed by atoms with E-state index >= 15 is 0 Å². The average molecular weight is 329 g/mol. The first kappa shape index (κ1) is 17.1. The van der Waals surface area contributed by atoms with Crippen LogP contribution in [-0.4, -0.2) is 50.2 Å². The number of rotatable bonds is 4. The molecule has 2 N–H and O–H groups in total. The Labute approximate surface area is 143 Å². The van der Waals surface area contributed by atoms with Crippen molar-refractivity contribution in [3.8, 4) is 5.69 Å². The lowest BCUT2D eigenvalue weighted by atomic mass is 9.96. The largest absolute Gasteiger partial charge is 0.393 e. The summed E-state index contributed by atoms with van der Waals surface area (Å²) in [5, 5.41) is 24.4. The molecule has 24 heavy (non-hydrogen) atoms. The monoisotopic (exact) mass is 329 g/mol.